The number of nitrogens with zero attached hydrogens (tertiary/aromatic N) is 2. The van der Waals surface area contributed by atoms with E-state index in [0.717, 1.165) is 11.3 Å². The van der Waals surface area contributed by atoms with E-state index >= 15 is 0 Å². The van der Waals surface area contributed by atoms with E-state index in [1.807, 2.05) is 38.1 Å². The molecule has 1 heterocycles. The Morgan fingerprint density at radius 1 is 1.12 bits per heavy atom. The Bertz CT molecular complexity index is 986. The van der Waals surface area contributed by atoms with Crippen molar-refractivity contribution in [2.45, 2.75) is 13.8 Å². The zero-order valence-electron chi connectivity index (χ0n) is 13.2. The Balaban J connectivity index is 2.00. The van der Waals surface area contributed by atoms with E-state index in [0.29, 0.717) is 27.0 Å². The lowest BCUT2D eigenvalue weighted by atomic mass is 10.2. The van der Waals surface area contributed by atoms with E-state index in [4.69, 9.17) is 23.2 Å². The van der Waals surface area contributed by atoms with Gasteiger partial charge in [0.25, 0.3) is 5.56 Å². The minimum Gasteiger partial charge on any atom is -0.295 e. The first kappa shape index (κ1) is 16.6. The van der Waals surface area contributed by atoms with Gasteiger partial charge in [0.2, 0.25) is 0 Å². The summed E-state index contributed by atoms with van der Waals surface area (Å²) >= 11 is 12.1. The standard InChI is InChI=1S/C18H15Cl2N3O/c1-11-6-7-15(9-17(11)20)23-18(24)16(12(2)22-23)10-21-14-5-3-4-13(19)8-14/h3-10,22H,1-2H3. The number of aliphatic imine (C=N–C) groups is 1. The molecule has 1 aromatic heterocycles. The molecular formula is C18H15Cl2N3O. The Kier molecular flexibility index (Phi) is 4.60. The number of halogens is 2. The highest BCUT2D eigenvalue weighted by Crippen LogP contribution is 2.19. The van der Waals surface area contributed by atoms with Crippen LogP contribution in [-0.2, 0) is 0 Å². The number of rotatable bonds is 3. The van der Waals surface area contributed by atoms with Crippen LogP contribution in [0, 0.1) is 13.8 Å². The van der Waals surface area contributed by atoms with Gasteiger partial charge in [-0.15, -0.1) is 0 Å². The maximum atomic E-state index is 12.6. The van der Waals surface area contributed by atoms with Gasteiger partial charge < -0.3 is 0 Å². The monoisotopic (exact) mass is 359 g/mol. The summed E-state index contributed by atoms with van der Waals surface area (Å²) in [4.78, 5) is 17.0. The van der Waals surface area contributed by atoms with Crippen LogP contribution in [0.25, 0.3) is 5.69 Å². The minimum absolute atomic E-state index is 0.182. The van der Waals surface area contributed by atoms with Gasteiger partial charge in [-0.25, -0.2) is 4.68 Å². The number of hydrogen-bond acceptors (Lipinski definition) is 2. The van der Waals surface area contributed by atoms with Crippen molar-refractivity contribution >= 4 is 35.1 Å². The van der Waals surface area contributed by atoms with Crippen LogP contribution in [-0.4, -0.2) is 16.0 Å². The van der Waals surface area contributed by atoms with Crippen LogP contribution in [0.2, 0.25) is 10.0 Å². The largest absolute Gasteiger partial charge is 0.295 e. The highest BCUT2D eigenvalue weighted by Gasteiger charge is 2.11. The van der Waals surface area contributed by atoms with E-state index in [-0.39, 0.29) is 5.56 Å². The highest BCUT2D eigenvalue weighted by atomic mass is 35.5. The van der Waals surface area contributed by atoms with Crippen LogP contribution < -0.4 is 5.56 Å². The molecule has 0 spiro atoms. The molecule has 3 aromatic rings. The van der Waals surface area contributed by atoms with Crippen LogP contribution in [0.3, 0.4) is 0 Å². The van der Waals surface area contributed by atoms with Gasteiger partial charge in [0.15, 0.2) is 0 Å². The molecule has 1 N–H and O–H groups in total. The fourth-order valence-corrected chi connectivity index (χ4v) is 2.67. The molecule has 6 heteroatoms. The van der Waals surface area contributed by atoms with Crippen LogP contribution in [0.4, 0.5) is 5.69 Å². The smallest absolute Gasteiger partial charge is 0.280 e. The molecule has 0 radical (unpaired) electrons. The SMILES string of the molecule is Cc1ccc(-n2[nH]c(C)c(C=Nc3cccc(Cl)c3)c2=O)cc1Cl. The van der Waals surface area contributed by atoms with Crippen molar-refractivity contribution in [1.29, 1.82) is 0 Å². The summed E-state index contributed by atoms with van der Waals surface area (Å²) in [6, 6.07) is 12.6. The molecule has 0 aliphatic rings. The van der Waals surface area contributed by atoms with Crippen LogP contribution in [0.15, 0.2) is 52.3 Å². The van der Waals surface area contributed by atoms with Gasteiger partial charge in [-0.3, -0.25) is 14.9 Å². The van der Waals surface area contributed by atoms with Crippen molar-refractivity contribution in [3.8, 4) is 5.69 Å². The minimum atomic E-state index is -0.182. The third-order valence-electron chi connectivity index (χ3n) is 3.68. The molecule has 24 heavy (non-hydrogen) atoms. The first-order chi connectivity index (χ1) is 11.5. The lowest BCUT2D eigenvalue weighted by Crippen LogP contribution is -2.17. The third-order valence-corrected chi connectivity index (χ3v) is 4.32. The van der Waals surface area contributed by atoms with Crippen LogP contribution in [0.1, 0.15) is 16.8 Å². The molecule has 0 aliphatic heterocycles. The first-order valence-electron chi connectivity index (χ1n) is 7.33. The van der Waals surface area contributed by atoms with Crippen LogP contribution in [0.5, 0.6) is 0 Å². The van der Waals surface area contributed by atoms with E-state index < -0.39 is 0 Å². The molecule has 4 nitrogen and oxygen atoms in total. The van der Waals surface area contributed by atoms with E-state index in [1.165, 1.54) is 4.68 Å². The van der Waals surface area contributed by atoms with E-state index in [1.54, 1.807) is 24.4 Å². The molecule has 0 unspecified atom stereocenters. The zero-order chi connectivity index (χ0) is 17.3. The number of hydrogen-bond donors (Lipinski definition) is 1. The molecular weight excluding hydrogens is 345 g/mol. The Hall–Kier alpha value is -2.30. The zero-order valence-corrected chi connectivity index (χ0v) is 14.7. The molecule has 0 bridgehead atoms. The van der Waals surface area contributed by atoms with Crippen LogP contribution >= 0.6 is 23.2 Å². The lowest BCUT2D eigenvalue weighted by molar-refractivity contribution is 0.835. The second-order valence-corrected chi connectivity index (χ2v) is 6.31. The number of aryl methyl sites for hydroxylation is 2. The highest BCUT2D eigenvalue weighted by molar-refractivity contribution is 6.31. The molecule has 3 rings (SSSR count). The number of H-pyrrole nitrogens is 1. The maximum Gasteiger partial charge on any atom is 0.280 e. The van der Waals surface area contributed by atoms with Gasteiger partial charge in [-0.1, -0.05) is 35.3 Å². The van der Waals surface area contributed by atoms with Gasteiger partial charge in [-0.2, -0.15) is 0 Å². The normalized spacial score (nSPS) is 11.3. The molecule has 0 amide bonds. The summed E-state index contributed by atoms with van der Waals surface area (Å²) in [5.74, 6) is 0. The fraction of sp³-hybridized carbons (Fsp3) is 0.111. The Morgan fingerprint density at radius 3 is 2.62 bits per heavy atom. The molecule has 2 aromatic carbocycles. The summed E-state index contributed by atoms with van der Waals surface area (Å²) < 4.78 is 1.46. The lowest BCUT2D eigenvalue weighted by Gasteiger charge is -2.04. The van der Waals surface area contributed by atoms with Gasteiger partial charge in [-0.05, 0) is 49.7 Å². The molecule has 0 aliphatic carbocycles. The second kappa shape index (κ2) is 6.67. The number of benzene rings is 2. The maximum absolute atomic E-state index is 12.6. The van der Waals surface area contributed by atoms with Gasteiger partial charge in [0.05, 0.1) is 16.9 Å². The summed E-state index contributed by atoms with van der Waals surface area (Å²) in [7, 11) is 0. The topological polar surface area (TPSA) is 50.1 Å². The van der Waals surface area contributed by atoms with Crippen molar-refractivity contribution in [2.75, 3.05) is 0 Å². The fourth-order valence-electron chi connectivity index (χ4n) is 2.31. The third kappa shape index (κ3) is 3.30. The van der Waals surface area contributed by atoms with Crippen molar-refractivity contribution in [2.24, 2.45) is 4.99 Å². The average Bonchev–Trinajstić information content (AvgIpc) is 2.83. The summed E-state index contributed by atoms with van der Waals surface area (Å²) in [6.07, 6.45) is 1.55. The molecule has 0 fully saturated rings. The van der Waals surface area contributed by atoms with Crippen molar-refractivity contribution in [1.82, 2.24) is 9.78 Å². The number of nitrogens with one attached hydrogen (secondary N) is 1. The summed E-state index contributed by atoms with van der Waals surface area (Å²) in [5.41, 5.74) is 3.36. The van der Waals surface area contributed by atoms with Gasteiger partial charge in [0.1, 0.15) is 0 Å². The molecule has 0 atom stereocenters. The van der Waals surface area contributed by atoms with E-state index in [9.17, 15) is 4.79 Å². The van der Waals surface area contributed by atoms with Crippen molar-refractivity contribution in [3.63, 3.8) is 0 Å². The van der Waals surface area contributed by atoms with Crippen molar-refractivity contribution in [3.05, 3.63) is 79.7 Å². The summed E-state index contributed by atoms with van der Waals surface area (Å²) in [6.45, 7) is 3.74. The van der Waals surface area contributed by atoms with E-state index in [2.05, 4.69) is 10.1 Å². The Labute approximate surface area is 149 Å². The van der Waals surface area contributed by atoms with Gasteiger partial charge in [0, 0.05) is 22.0 Å². The first-order valence-corrected chi connectivity index (χ1v) is 8.09. The number of aromatic amines is 1. The summed E-state index contributed by atoms with van der Waals surface area (Å²) in [5, 5.41) is 4.26. The molecule has 0 saturated carbocycles. The molecule has 122 valence electrons. The van der Waals surface area contributed by atoms with Crippen molar-refractivity contribution < 1.29 is 0 Å². The second-order valence-electron chi connectivity index (χ2n) is 5.46. The van der Waals surface area contributed by atoms with Gasteiger partial charge >= 0.3 is 0 Å². The average molecular weight is 360 g/mol. The Morgan fingerprint density at radius 2 is 1.92 bits per heavy atom. The predicted molar refractivity (Wildman–Crippen MR) is 99.6 cm³/mol. The quantitative estimate of drug-likeness (QED) is 0.668. The molecule has 0 saturated heterocycles. The number of aromatic nitrogens is 2. The predicted octanol–water partition coefficient (Wildman–Crippen LogP) is 4.84.